The summed E-state index contributed by atoms with van der Waals surface area (Å²) >= 11 is 0. The number of nitrogens with zero attached hydrogens (tertiary/aromatic N) is 2. The number of anilines is 1. The minimum absolute atomic E-state index is 0.0858. The molecule has 14 heteroatoms. The van der Waals surface area contributed by atoms with Crippen LogP contribution in [0.15, 0.2) is 53.5 Å². The summed E-state index contributed by atoms with van der Waals surface area (Å²) in [5, 5.41) is 39.0. The number of aliphatic carboxylic acids is 2. The van der Waals surface area contributed by atoms with Crippen LogP contribution in [0.25, 0.3) is 0 Å². The summed E-state index contributed by atoms with van der Waals surface area (Å²) in [6, 6.07) is 11.3. The minimum Gasteiger partial charge on any atom is -0.497 e. The fourth-order valence-corrected chi connectivity index (χ4v) is 4.56. The van der Waals surface area contributed by atoms with E-state index in [1.165, 1.54) is 0 Å². The van der Waals surface area contributed by atoms with Gasteiger partial charge in [0.2, 0.25) is 17.8 Å². The summed E-state index contributed by atoms with van der Waals surface area (Å²) in [5.41, 5.74) is 1.48. The Morgan fingerprint density at radius 1 is 0.938 bits per heavy atom. The highest BCUT2D eigenvalue weighted by atomic mass is 16.5. The zero-order valence-electron chi connectivity index (χ0n) is 28.2. The second kappa shape index (κ2) is 18.9. The van der Waals surface area contributed by atoms with Crippen LogP contribution in [0.5, 0.6) is 5.75 Å². The van der Waals surface area contributed by atoms with Crippen molar-refractivity contribution in [3.63, 3.8) is 0 Å². The summed E-state index contributed by atoms with van der Waals surface area (Å²) in [7, 11) is 1.56. The Balaban J connectivity index is 2.09. The molecule has 3 atom stereocenters. The molecule has 2 aromatic rings. The molecule has 2 aromatic carbocycles. The molecule has 2 amide bonds. The number of nitriles is 1. The number of benzene rings is 2. The first-order valence-electron chi connectivity index (χ1n) is 15.5. The molecule has 0 saturated carbocycles. The van der Waals surface area contributed by atoms with Gasteiger partial charge in [0.1, 0.15) is 11.8 Å². The average Bonchev–Trinajstić information content (AvgIpc) is 3.00. The number of carboxylic acids is 2. The molecule has 3 unspecified atom stereocenters. The monoisotopic (exact) mass is 666 g/mol. The molecule has 0 aliphatic heterocycles. The lowest BCUT2D eigenvalue weighted by Gasteiger charge is -2.23. The van der Waals surface area contributed by atoms with Gasteiger partial charge >= 0.3 is 11.9 Å². The Labute approximate surface area is 280 Å². The quantitative estimate of drug-likeness (QED) is 0.0467. The molecule has 0 bridgehead atoms. The summed E-state index contributed by atoms with van der Waals surface area (Å²) in [6.45, 7) is 8.91. The van der Waals surface area contributed by atoms with Crippen molar-refractivity contribution in [1.29, 1.82) is 5.26 Å². The molecule has 0 spiro atoms. The second-order valence-electron chi connectivity index (χ2n) is 12.8. The number of hydrogen-bond donors (Lipinski definition) is 6. The van der Waals surface area contributed by atoms with Gasteiger partial charge in [0.05, 0.1) is 25.3 Å². The van der Waals surface area contributed by atoms with E-state index in [0.717, 1.165) is 0 Å². The summed E-state index contributed by atoms with van der Waals surface area (Å²) in [6.07, 6.45) is 2.33. The van der Waals surface area contributed by atoms with Crippen molar-refractivity contribution >= 4 is 41.1 Å². The predicted octanol–water partition coefficient (Wildman–Crippen LogP) is 3.98. The molecular weight excluding hydrogens is 620 g/mol. The maximum absolute atomic E-state index is 13.4. The van der Waals surface area contributed by atoms with Crippen molar-refractivity contribution in [1.82, 2.24) is 16.0 Å². The van der Waals surface area contributed by atoms with Crippen molar-refractivity contribution in [2.45, 2.75) is 71.9 Å². The molecule has 0 aromatic heterocycles. The molecular formula is C34H46N6O8. The number of methoxy groups -OCH3 is 1. The third kappa shape index (κ3) is 14.1. The smallest absolute Gasteiger partial charge is 0.328 e. The molecule has 0 fully saturated rings. The molecule has 14 nitrogen and oxygen atoms in total. The number of guanidine groups is 1. The van der Waals surface area contributed by atoms with E-state index in [-0.39, 0.29) is 36.7 Å². The number of amides is 2. The lowest BCUT2D eigenvalue weighted by molar-refractivity contribution is -0.145. The van der Waals surface area contributed by atoms with Crippen molar-refractivity contribution in [2.75, 3.05) is 25.6 Å². The van der Waals surface area contributed by atoms with Crippen LogP contribution in [-0.4, -0.2) is 72.3 Å². The van der Waals surface area contributed by atoms with Gasteiger partial charge in [-0.3, -0.25) is 14.9 Å². The van der Waals surface area contributed by atoms with Crippen molar-refractivity contribution in [3.8, 4) is 11.9 Å². The first-order valence-corrected chi connectivity index (χ1v) is 15.5. The van der Waals surface area contributed by atoms with E-state index >= 15 is 0 Å². The summed E-state index contributed by atoms with van der Waals surface area (Å²) in [5.74, 6) is -3.21. The van der Waals surface area contributed by atoms with Crippen LogP contribution in [0.4, 0.5) is 11.4 Å². The number of aliphatic imine (C=N–C) groups is 1. The number of nitrogens with one attached hydrogen (secondary N) is 4. The maximum atomic E-state index is 13.4. The van der Waals surface area contributed by atoms with Crippen molar-refractivity contribution < 1.29 is 38.9 Å². The number of hydrogen-bond acceptors (Lipinski definition) is 8. The normalized spacial score (nSPS) is 13.4. The van der Waals surface area contributed by atoms with Crippen LogP contribution in [0.1, 0.15) is 65.4 Å². The largest absolute Gasteiger partial charge is 0.497 e. The molecule has 0 saturated heterocycles. The Bertz CT molecular complexity index is 1450. The molecule has 48 heavy (non-hydrogen) atoms. The van der Waals surface area contributed by atoms with Crippen LogP contribution in [-0.2, 0) is 23.9 Å². The molecule has 260 valence electrons. The Kier molecular flexibility index (Phi) is 15.3. The average molecular weight is 667 g/mol. The third-order valence-corrected chi connectivity index (χ3v) is 6.86. The predicted molar refractivity (Wildman–Crippen MR) is 180 cm³/mol. The van der Waals surface area contributed by atoms with Crippen LogP contribution in [0.3, 0.4) is 0 Å². The van der Waals surface area contributed by atoms with Gasteiger partial charge in [-0.05, 0) is 59.7 Å². The number of ether oxygens (including phenoxy) is 2. The Morgan fingerprint density at radius 2 is 1.56 bits per heavy atom. The highest BCUT2D eigenvalue weighted by molar-refractivity contribution is 5.96. The molecule has 2 rings (SSSR count). The maximum Gasteiger partial charge on any atom is 0.328 e. The standard InChI is InChI=1S/C34H46N6O8/c1-21(2)17-26(22-7-9-23(10-8-22)37-33(36-20-35)38-24-11-13-25(47-6)14-12-24)30(42)40-28(32(45)46)19-48-16-15-27(31(43)44)39-29(41)18-34(3,4)5/h7-14,21,26-28H,15-19H2,1-6H3,(H,39,41)(H,40,42)(H,43,44)(H,45,46)(H2,36,37,38). The van der Waals surface area contributed by atoms with E-state index in [1.807, 2.05) is 40.8 Å². The Hall–Kier alpha value is -5.16. The van der Waals surface area contributed by atoms with E-state index in [0.29, 0.717) is 29.1 Å². The van der Waals surface area contributed by atoms with Gasteiger partial charge in [-0.15, -0.1) is 0 Å². The zero-order chi connectivity index (χ0) is 35.9. The van der Waals surface area contributed by atoms with Gasteiger partial charge < -0.3 is 35.6 Å². The number of carbonyl (C=O) groups is 4. The van der Waals surface area contributed by atoms with Gasteiger partial charge in [0.15, 0.2) is 12.2 Å². The fourth-order valence-electron chi connectivity index (χ4n) is 4.56. The van der Waals surface area contributed by atoms with E-state index in [2.05, 4.69) is 26.3 Å². The van der Waals surface area contributed by atoms with E-state index in [1.54, 1.807) is 55.6 Å². The van der Waals surface area contributed by atoms with Gasteiger partial charge in [0.25, 0.3) is 0 Å². The number of carboxylic acid groups (broad SMARTS) is 2. The van der Waals surface area contributed by atoms with Gasteiger partial charge in [-0.1, -0.05) is 46.8 Å². The fraction of sp³-hybridized carbons (Fsp3) is 0.471. The van der Waals surface area contributed by atoms with Crippen molar-refractivity contribution in [2.24, 2.45) is 16.3 Å². The molecule has 0 aliphatic carbocycles. The highest BCUT2D eigenvalue weighted by Gasteiger charge is 2.28. The van der Waals surface area contributed by atoms with Gasteiger partial charge in [-0.25, -0.2) is 14.6 Å². The lowest BCUT2D eigenvalue weighted by atomic mass is 9.89. The lowest BCUT2D eigenvalue weighted by Crippen LogP contribution is -2.46. The molecule has 0 radical (unpaired) electrons. The molecule has 6 N–H and O–H groups in total. The zero-order valence-corrected chi connectivity index (χ0v) is 28.2. The SMILES string of the molecule is COc1ccc(NC(=Nc2ccc(C(CC(C)C)C(=O)NC(COCCC(NC(=O)CC(C)(C)C)C(=O)O)C(=O)O)cc2)NC#N)cc1. The van der Waals surface area contributed by atoms with E-state index in [4.69, 9.17) is 9.47 Å². The third-order valence-electron chi connectivity index (χ3n) is 6.86. The number of carbonyl (C=O) groups excluding carboxylic acids is 2. The molecule has 0 heterocycles. The number of rotatable bonds is 17. The Morgan fingerprint density at radius 3 is 2.08 bits per heavy atom. The first-order chi connectivity index (χ1) is 22.6. The second-order valence-corrected chi connectivity index (χ2v) is 12.8. The molecule has 0 aliphatic rings. The topological polar surface area (TPSA) is 211 Å². The highest BCUT2D eigenvalue weighted by Crippen LogP contribution is 2.27. The first kappa shape index (κ1) is 39.0. The van der Waals surface area contributed by atoms with E-state index in [9.17, 15) is 34.7 Å². The van der Waals surface area contributed by atoms with E-state index < -0.39 is 48.4 Å². The van der Waals surface area contributed by atoms with Crippen molar-refractivity contribution in [3.05, 3.63) is 54.1 Å². The summed E-state index contributed by atoms with van der Waals surface area (Å²) < 4.78 is 10.6. The minimum atomic E-state index is -1.39. The van der Waals surface area contributed by atoms with Crippen LogP contribution >= 0.6 is 0 Å². The summed E-state index contributed by atoms with van der Waals surface area (Å²) in [4.78, 5) is 53.7. The van der Waals surface area contributed by atoms with Gasteiger partial charge in [0, 0.05) is 25.1 Å². The van der Waals surface area contributed by atoms with Crippen LogP contribution < -0.4 is 26.0 Å². The van der Waals surface area contributed by atoms with Crippen LogP contribution in [0.2, 0.25) is 0 Å². The van der Waals surface area contributed by atoms with Crippen LogP contribution in [0, 0.1) is 22.8 Å². The van der Waals surface area contributed by atoms with Gasteiger partial charge in [-0.2, -0.15) is 5.26 Å².